The van der Waals surface area contributed by atoms with Crippen LogP contribution in [0.5, 0.6) is 0 Å². The van der Waals surface area contributed by atoms with E-state index in [1.807, 2.05) is 25.1 Å². The van der Waals surface area contributed by atoms with Crippen LogP contribution in [0.25, 0.3) is 0 Å². The number of benzene rings is 1. The van der Waals surface area contributed by atoms with E-state index in [2.05, 4.69) is 31.4 Å². The predicted molar refractivity (Wildman–Crippen MR) is 76.3 cm³/mol. The van der Waals surface area contributed by atoms with Gasteiger partial charge in [0.25, 0.3) is 5.91 Å². The van der Waals surface area contributed by atoms with Crippen LogP contribution < -0.4 is 5.32 Å². The van der Waals surface area contributed by atoms with E-state index in [1.54, 1.807) is 6.07 Å². The van der Waals surface area contributed by atoms with Gasteiger partial charge in [0, 0.05) is 10.9 Å². The molecule has 0 aliphatic carbocycles. The molecule has 4 nitrogen and oxygen atoms in total. The summed E-state index contributed by atoms with van der Waals surface area (Å²) in [5.41, 5.74) is 1.69. The fraction of sp³-hybridized carbons (Fsp3) is 0.250. The van der Waals surface area contributed by atoms with E-state index >= 15 is 0 Å². The second-order valence-corrected chi connectivity index (χ2v) is 5.27. The summed E-state index contributed by atoms with van der Waals surface area (Å²) in [5, 5.41) is 12.8. The van der Waals surface area contributed by atoms with Gasteiger partial charge in [-0.15, -0.1) is 10.2 Å². The monoisotopic (exact) mass is 325 g/mol. The fourth-order valence-corrected chi connectivity index (χ4v) is 2.44. The third-order valence-corrected chi connectivity index (χ3v) is 3.96. The Labute approximate surface area is 118 Å². The third-order valence-electron chi connectivity index (χ3n) is 2.33. The molecule has 2 aromatic rings. The highest BCUT2D eigenvalue weighted by atomic mass is 79.9. The van der Waals surface area contributed by atoms with Gasteiger partial charge in [-0.3, -0.25) is 10.1 Å². The number of hydrogen-bond acceptors (Lipinski definition) is 4. The van der Waals surface area contributed by atoms with Crippen LogP contribution in [0.4, 0.5) is 5.13 Å². The number of hydrogen-bond donors (Lipinski definition) is 1. The number of aromatic nitrogens is 2. The molecule has 6 heteroatoms. The van der Waals surface area contributed by atoms with Gasteiger partial charge in [0.2, 0.25) is 5.13 Å². The van der Waals surface area contributed by atoms with Crippen LogP contribution in [-0.4, -0.2) is 16.1 Å². The molecule has 0 aliphatic heterocycles. The highest BCUT2D eigenvalue weighted by molar-refractivity contribution is 9.08. The highest BCUT2D eigenvalue weighted by Gasteiger charge is 2.09. The van der Waals surface area contributed by atoms with Crippen molar-refractivity contribution in [3.05, 3.63) is 40.4 Å². The van der Waals surface area contributed by atoms with Crippen LogP contribution in [0.3, 0.4) is 0 Å². The first kappa shape index (κ1) is 13.2. The average molecular weight is 326 g/mol. The van der Waals surface area contributed by atoms with Crippen molar-refractivity contribution in [3.63, 3.8) is 0 Å². The van der Waals surface area contributed by atoms with Crippen LogP contribution in [0, 0.1) is 0 Å². The SMILES string of the molecule is CCc1nnc(NC(=O)c2cccc(CBr)c2)s1. The lowest BCUT2D eigenvalue weighted by Gasteiger charge is -2.02. The van der Waals surface area contributed by atoms with Gasteiger partial charge < -0.3 is 0 Å². The molecule has 0 bridgehead atoms. The Balaban J connectivity index is 2.11. The van der Waals surface area contributed by atoms with E-state index in [4.69, 9.17) is 0 Å². The van der Waals surface area contributed by atoms with Crippen molar-refractivity contribution < 1.29 is 4.79 Å². The Morgan fingerprint density at radius 1 is 1.44 bits per heavy atom. The Morgan fingerprint density at radius 3 is 2.94 bits per heavy atom. The number of nitrogens with one attached hydrogen (secondary N) is 1. The van der Waals surface area contributed by atoms with Gasteiger partial charge >= 0.3 is 0 Å². The number of carbonyl (C=O) groups excluding carboxylic acids is 1. The molecular formula is C12H12BrN3OS. The number of nitrogens with zero attached hydrogens (tertiary/aromatic N) is 2. The van der Waals surface area contributed by atoms with Gasteiger partial charge in [-0.05, 0) is 24.1 Å². The van der Waals surface area contributed by atoms with Crippen molar-refractivity contribution in [2.45, 2.75) is 18.7 Å². The first-order valence-electron chi connectivity index (χ1n) is 5.51. The first-order chi connectivity index (χ1) is 8.72. The lowest BCUT2D eigenvalue weighted by Crippen LogP contribution is -2.11. The molecule has 18 heavy (non-hydrogen) atoms. The van der Waals surface area contributed by atoms with E-state index in [-0.39, 0.29) is 5.91 Å². The van der Waals surface area contributed by atoms with Crippen molar-refractivity contribution in [2.24, 2.45) is 0 Å². The van der Waals surface area contributed by atoms with Crippen LogP contribution in [0.2, 0.25) is 0 Å². The number of aryl methyl sites for hydroxylation is 1. The molecule has 0 radical (unpaired) electrons. The minimum Gasteiger partial charge on any atom is -0.296 e. The van der Waals surface area contributed by atoms with Crippen LogP contribution in [0.15, 0.2) is 24.3 Å². The van der Waals surface area contributed by atoms with Gasteiger partial charge in [-0.2, -0.15) is 0 Å². The second-order valence-electron chi connectivity index (χ2n) is 3.64. The van der Waals surface area contributed by atoms with Crippen LogP contribution >= 0.6 is 27.3 Å². The largest absolute Gasteiger partial charge is 0.296 e. The van der Waals surface area contributed by atoms with Gasteiger partial charge in [-0.1, -0.05) is 46.3 Å². The van der Waals surface area contributed by atoms with Crippen molar-refractivity contribution >= 4 is 38.3 Å². The molecule has 0 fully saturated rings. The zero-order valence-corrected chi connectivity index (χ0v) is 12.2. The van der Waals surface area contributed by atoms with Crippen molar-refractivity contribution in [1.29, 1.82) is 0 Å². The fourth-order valence-electron chi connectivity index (χ4n) is 1.41. The average Bonchev–Trinajstić information content (AvgIpc) is 2.86. The summed E-state index contributed by atoms with van der Waals surface area (Å²) < 4.78 is 0. The molecule has 0 aliphatic rings. The summed E-state index contributed by atoms with van der Waals surface area (Å²) in [6.07, 6.45) is 0.826. The number of amides is 1. The number of rotatable bonds is 4. The molecule has 0 spiro atoms. The Morgan fingerprint density at radius 2 is 2.28 bits per heavy atom. The zero-order valence-electron chi connectivity index (χ0n) is 9.81. The second kappa shape index (κ2) is 6.06. The summed E-state index contributed by atoms with van der Waals surface area (Å²) in [6.45, 7) is 2.01. The van der Waals surface area contributed by atoms with Gasteiger partial charge in [0.15, 0.2) is 0 Å². The van der Waals surface area contributed by atoms with E-state index in [9.17, 15) is 4.79 Å². The molecule has 1 aromatic carbocycles. The van der Waals surface area contributed by atoms with Crippen LogP contribution in [-0.2, 0) is 11.8 Å². The van der Waals surface area contributed by atoms with Gasteiger partial charge in [0.05, 0.1) is 0 Å². The van der Waals surface area contributed by atoms with E-state index in [0.717, 1.165) is 22.3 Å². The van der Waals surface area contributed by atoms with E-state index in [0.29, 0.717) is 10.7 Å². The molecular weight excluding hydrogens is 314 g/mol. The van der Waals surface area contributed by atoms with Gasteiger partial charge in [-0.25, -0.2) is 0 Å². The summed E-state index contributed by atoms with van der Waals surface area (Å²) in [5.74, 6) is -0.156. The molecule has 0 saturated heterocycles. The van der Waals surface area contributed by atoms with Gasteiger partial charge in [0.1, 0.15) is 5.01 Å². The Kier molecular flexibility index (Phi) is 4.43. The van der Waals surface area contributed by atoms with Crippen molar-refractivity contribution in [2.75, 3.05) is 5.32 Å². The lowest BCUT2D eigenvalue weighted by atomic mass is 10.1. The molecule has 1 heterocycles. The molecule has 2 rings (SSSR count). The van der Waals surface area contributed by atoms with Crippen LogP contribution in [0.1, 0.15) is 27.9 Å². The first-order valence-corrected chi connectivity index (χ1v) is 7.45. The summed E-state index contributed by atoms with van der Waals surface area (Å²) in [6, 6.07) is 7.46. The maximum atomic E-state index is 12.0. The van der Waals surface area contributed by atoms with Crippen molar-refractivity contribution in [1.82, 2.24) is 10.2 Å². The number of anilines is 1. The topological polar surface area (TPSA) is 54.9 Å². The summed E-state index contributed by atoms with van der Waals surface area (Å²) in [4.78, 5) is 12.0. The quantitative estimate of drug-likeness (QED) is 0.878. The standard InChI is InChI=1S/C12H12BrN3OS/c1-2-10-15-16-12(18-10)14-11(17)9-5-3-4-8(6-9)7-13/h3-6H,2,7H2,1H3,(H,14,16,17). The predicted octanol–water partition coefficient (Wildman–Crippen LogP) is 3.25. The maximum Gasteiger partial charge on any atom is 0.257 e. The Hall–Kier alpha value is -1.27. The summed E-state index contributed by atoms with van der Waals surface area (Å²) in [7, 11) is 0. The number of carbonyl (C=O) groups is 1. The minimum absolute atomic E-state index is 0.156. The van der Waals surface area contributed by atoms with Crippen molar-refractivity contribution in [3.8, 4) is 0 Å². The van der Waals surface area contributed by atoms with E-state index in [1.165, 1.54) is 11.3 Å². The Bertz CT molecular complexity index is 556. The molecule has 1 N–H and O–H groups in total. The molecule has 1 amide bonds. The number of alkyl halides is 1. The highest BCUT2D eigenvalue weighted by Crippen LogP contribution is 2.17. The molecule has 94 valence electrons. The number of halogens is 1. The summed E-state index contributed by atoms with van der Waals surface area (Å²) >= 11 is 4.77. The minimum atomic E-state index is -0.156. The maximum absolute atomic E-state index is 12.0. The van der Waals surface area contributed by atoms with E-state index < -0.39 is 0 Å². The third kappa shape index (κ3) is 3.14. The zero-order chi connectivity index (χ0) is 13.0. The normalized spacial score (nSPS) is 10.3. The molecule has 1 aromatic heterocycles. The molecule has 0 saturated carbocycles. The smallest absolute Gasteiger partial charge is 0.257 e. The molecule has 0 unspecified atom stereocenters. The molecule has 0 atom stereocenters. The lowest BCUT2D eigenvalue weighted by molar-refractivity contribution is 0.102.